The molecule has 2 amide bonds. The largest absolute Gasteiger partial charge is 0.456 e. The van der Waals surface area contributed by atoms with E-state index in [9.17, 15) is 27.2 Å². The van der Waals surface area contributed by atoms with Crippen LogP contribution in [0.3, 0.4) is 0 Å². The maximum Gasteiger partial charge on any atom is 0.449 e. The number of nitrogens with zero attached hydrogens (tertiary/aromatic N) is 1. The number of hydrogen-bond acceptors (Lipinski definition) is 3. The highest BCUT2D eigenvalue weighted by molar-refractivity contribution is 5.99. The summed E-state index contributed by atoms with van der Waals surface area (Å²) < 4.78 is 57.3. The van der Waals surface area contributed by atoms with E-state index in [0.29, 0.717) is 44.3 Å². The number of carbonyl (C=O) groups is 2. The Morgan fingerprint density at radius 1 is 1.19 bits per heavy atom. The van der Waals surface area contributed by atoms with Gasteiger partial charge in [0.25, 0.3) is 0 Å². The second kappa shape index (κ2) is 7.69. The maximum atomic E-state index is 13.5. The molecule has 0 saturated carbocycles. The van der Waals surface area contributed by atoms with Gasteiger partial charge in [0.1, 0.15) is 11.6 Å². The number of alkyl halides is 3. The smallest absolute Gasteiger partial charge is 0.449 e. The molecule has 4 rings (SSSR count). The Balaban J connectivity index is 1.37. The van der Waals surface area contributed by atoms with Crippen molar-refractivity contribution in [3.8, 4) is 0 Å². The Morgan fingerprint density at radius 3 is 2.58 bits per heavy atom. The van der Waals surface area contributed by atoms with Gasteiger partial charge in [-0.25, -0.2) is 9.18 Å². The van der Waals surface area contributed by atoms with E-state index < -0.39 is 23.8 Å². The third-order valence-electron chi connectivity index (χ3n) is 6.20. The van der Waals surface area contributed by atoms with Crippen LogP contribution in [-0.2, 0) is 19.1 Å². The van der Waals surface area contributed by atoms with Crippen LogP contribution in [0.25, 0.3) is 0 Å². The van der Waals surface area contributed by atoms with Gasteiger partial charge in [0.15, 0.2) is 5.78 Å². The van der Waals surface area contributed by atoms with Crippen LogP contribution in [0.2, 0.25) is 0 Å². The van der Waals surface area contributed by atoms with Gasteiger partial charge in [-0.2, -0.15) is 13.2 Å². The number of piperidine rings is 1. The standard InChI is InChI=1S/C22H22F4N2O3/c1-13-8-15(19(31-13)22(24,25)26)12-27-20(30)28-6-4-21(5-7-28)10-14-2-3-16(23)9-17(14)18(29)11-21/h2-3,8-9H,4-7,10-12H2,1H3,(H,27,30). The van der Waals surface area contributed by atoms with Crippen LogP contribution in [-0.4, -0.2) is 29.8 Å². The second-order valence-corrected chi connectivity index (χ2v) is 8.43. The minimum absolute atomic E-state index is 0.0892. The molecule has 1 aromatic heterocycles. The normalized spacial score (nSPS) is 18.2. The molecule has 1 spiro atoms. The first-order valence-corrected chi connectivity index (χ1v) is 10.1. The number of benzene rings is 1. The van der Waals surface area contributed by atoms with Gasteiger partial charge in [-0.05, 0) is 55.4 Å². The third-order valence-corrected chi connectivity index (χ3v) is 6.20. The lowest BCUT2D eigenvalue weighted by molar-refractivity contribution is -0.154. The molecule has 1 aliphatic carbocycles. The predicted octanol–water partition coefficient (Wildman–Crippen LogP) is 4.87. The summed E-state index contributed by atoms with van der Waals surface area (Å²) >= 11 is 0. The van der Waals surface area contributed by atoms with E-state index >= 15 is 0 Å². The molecule has 31 heavy (non-hydrogen) atoms. The van der Waals surface area contributed by atoms with Crippen molar-refractivity contribution in [2.24, 2.45) is 5.41 Å². The first-order valence-electron chi connectivity index (χ1n) is 10.1. The predicted molar refractivity (Wildman–Crippen MR) is 103 cm³/mol. The number of hydrogen-bond donors (Lipinski definition) is 1. The number of likely N-dealkylation sites (tertiary alicyclic amines) is 1. The average Bonchev–Trinajstić information content (AvgIpc) is 3.09. The molecule has 1 aromatic carbocycles. The van der Waals surface area contributed by atoms with Crippen LogP contribution in [0.1, 0.15) is 52.3 Å². The van der Waals surface area contributed by atoms with Crippen LogP contribution in [0, 0.1) is 18.2 Å². The minimum atomic E-state index is -4.63. The molecule has 0 atom stereocenters. The Morgan fingerprint density at radius 2 is 1.90 bits per heavy atom. The number of fused-ring (bicyclic) bond motifs is 1. The zero-order chi connectivity index (χ0) is 22.4. The van der Waals surface area contributed by atoms with Gasteiger partial charge in [-0.3, -0.25) is 4.79 Å². The lowest BCUT2D eigenvalue weighted by atomic mass is 9.66. The van der Waals surface area contributed by atoms with E-state index in [-0.39, 0.29) is 29.1 Å². The zero-order valence-electron chi connectivity index (χ0n) is 16.9. The van der Waals surface area contributed by atoms with Gasteiger partial charge in [-0.1, -0.05) is 6.07 Å². The van der Waals surface area contributed by atoms with Crippen LogP contribution < -0.4 is 5.32 Å². The molecule has 166 valence electrons. The van der Waals surface area contributed by atoms with Crippen molar-refractivity contribution in [2.45, 2.75) is 45.3 Å². The summed E-state index contributed by atoms with van der Waals surface area (Å²) in [4.78, 5) is 26.6. The highest BCUT2D eigenvalue weighted by atomic mass is 19.4. The van der Waals surface area contributed by atoms with Gasteiger partial charge in [0, 0.05) is 37.2 Å². The summed E-state index contributed by atoms with van der Waals surface area (Å²) in [5.41, 5.74) is 0.866. The molecule has 0 radical (unpaired) electrons. The molecule has 1 aliphatic heterocycles. The van der Waals surface area contributed by atoms with Gasteiger partial charge in [0.2, 0.25) is 5.76 Å². The fraction of sp³-hybridized carbons (Fsp3) is 0.455. The molecular formula is C22H22F4N2O3. The van der Waals surface area contributed by atoms with Crippen molar-refractivity contribution >= 4 is 11.8 Å². The Hall–Kier alpha value is -2.84. The van der Waals surface area contributed by atoms with Gasteiger partial charge in [0.05, 0.1) is 0 Å². The number of urea groups is 1. The highest BCUT2D eigenvalue weighted by Gasteiger charge is 2.42. The van der Waals surface area contributed by atoms with Crippen LogP contribution in [0.5, 0.6) is 0 Å². The van der Waals surface area contributed by atoms with Crippen molar-refractivity contribution in [3.05, 3.63) is 58.3 Å². The number of halogens is 4. The van der Waals surface area contributed by atoms with E-state index in [2.05, 4.69) is 5.32 Å². The first kappa shape index (κ1) is 21.4. The molecule has 1 fully saturated rings. The Bertz CT molecular complexity index is 1020. The number of Topliss-reactive ketones (excluding diaryl/α,β-unsaturated/α-hetero) is 1. The third kappa shape index (κ3) is 4.31. The van der Waals surface area contributed by atoms with Gasteiger partial charge >= 0.3 is 12.2 Å². The molecular weight excluding hydrogens is 416 g/mol. The topological polar surface area (TPSA) is 62.6 Å². The van der Waals surface area contributed by atoms with Gasteiger partial charge in [-0.15, -0.1) is 0 Å². The van der Waals surface area contributed by atoms with E-state index in [1.165, 1.54) is 25.1 Å². The number of aryl methyl sites for hydroxylation is 1. The summed E-state index contributed by atoms with van der Waals surface area (Å²) in [6, 6.07) is 5.09. The summed E-state index contributed by atoms with van der Waals surface area (Å²) in [7, 11) is 0. The van der Waals surface area contributed by atoms with Crippen molar-refractivity contribution in [1.82, 2.24) is 10.2 Å². The van der Waals surface area contributed by atoms with Crippen molar-refractivity contribution in [2.75, 3.05) is 13.1 Å². The number of amides is 2. The lowest BCUT2D eigenvalue weighted by Gasteiger charge is -2.44. The summed E-state index contributed by atoms with van der Waals surface area (Å²) in [6.07, 6.45) is -2.48. The maximum absolute atomic E-state index is 13.5. The van der Waals surface area contributed by atoms with Gasteiger partial charge < -0.3 is 14.6 Å². The summed E-state index contributed by atoms with van der Waals surface area (Å²) in [5, 5.41) is 2.53. The molecule has 5 nitrogen and oxygen atoms in total. The minimum Gasteiger partial charge on any atom is -0.456 e. The molecule has 2 heterocycles. The fourth-order valence-electron chi connectivity index (χ4n) is 4.62. The monoisotopic (exact) mass is 438 g/mol. The summed E-state index contributed by atoms with van der Waals surface area (Å²) in [6.45, 7) is 1.92. The Kier molecular flexibility index (Phi) is 5.31. The Labute approximate surface area is 176 Å². The number of rotatable bonds is 2. The molecule has 9 heteroatoms. The van der Waals surface area contributed by atoms with E-state index in [0.717, 1.165) is 5.56 Å². The van der Waals surface area contributed by atoms with Crippen molar-refractivity contribution in [1.29, 1.82) is 0 Å². The van der Waals surface area contributed by atoms with E-state index in [1.54, 1.807) is 11.0 Å². The van der Waals surface area contributed by atoms with Crippen molar-refractivity contribution in [3.63, 3.8) is 0 Å². The SMILES string of the molecule is Cc1cc(CNC(=O)N2CCC3(CC2)CC(=O)c2cc(F)ccc2C3)c(C(F)(F)F)o1. The quantitative estimate of drug-likeness (QED) is 0.681. The molecule has 1 N–H and O–H groups in total. The van der Waals surface area contributed by atoms with E-state index in [1.807, 2.05) is 0 Å². The number of furan rings is 1. The number of nitrogens with one attached hydrogen (secondary N) is 1. The van der Waals surface area contributed by atoms with Crippen LogP contribution >= 0.6 is 0 Å². The first-order chi connectivity index (χ1) is 14.6. The molecule has 0 bridgehead atoms. The highest BCUT2D eigenvalue weighted by Crippen LogP contribution is 2.43. The second-order valence-electron chi connectivity index (χ2n) is 8.43. The fourth-order valence-corrected chi connectivity index (χ4v) is 4.62. The lowest BCUT2D eigenvalue weighted by Crippen LogP contribution is -2.49. The molecule has 2 aliphatic rings. The zero-order valence-corrected chi connectivity index (χ0v) is 16.9. The summed E-state index contributed by atoms with van der Waals surface area (Å²) in [5.74, 6) is -1.50. The average molecular weight is 438 g/mol. The number of carbonyl (C=O) groups excluding carboxylic acids is 2. The van der Waals surface area contributed by atoms with Crippen LogP contribution in [0.4, 0.5) is 22.4 Å². The molecule has 2 aromatic rings. The molecule has 0 unspecified atom stereocenters. The van der Waals surface area contributed by atoms with Crippen molar-refractivity contribution < 1.29 is 31.6 Å². The molecule has 1 saturated heterocycles. The number of ketones is 1. The van der Waals surface area contributed by atoms with E-state index in [4.69, 9.17) is 4.42 Å². The van der Waals surface area contributed by atoms with Crippen LogP contribution in [0.15, 0.2) is 28.7 Å².